The lowest BCUT2D eigenvalue weighted by atomic mass is 9.67. The maximum absolute atomic E-state index is 5.69. The predicted molar refractivity (Wildman–Crippen MR) is 141 cm³/mol. The third kappa shape index (κ3) is 7.45. The van der Waals surface area contributed by atoms with E-state index in [0.29, 0.717) is 0 Å². The molecule has 1 nitrogen and oxygen atoms in total. The topological polar surface area (TPSA) is 9.23 Å². The van der Waals surface area contributed by atoms with Crippen molar-refractivity contribution in [1.82, 2.24) is 0 Å². The summed E-state index contributed by atoms with van der Waals surface area (Å²) in [5, 5.41) is 0. The third-order valence-electron chi connectivity index (χ3n) is 9.61. The Morgan fingerprint density at radius 1 is 0.758 bits per heavy atom. The van der Waals surface area contributed by atoms with Crippen LogP contribution in [-0.2, 0) is 11.3 Å². The van der Waals surface area contributed by atoms with Gasteiger partial charge in [-0.15, -0.1) is 6.58 Å². The van der Waals surface area contributed by atoms with Crippen LogP contribution >= 0.6 is 0 Å². The van der Waals surface area contributed by atoms with Crippen LogP contribution in [0.5, 0.6) is 0 Å². The molecule has 0 N–H and O–H groups in total. The Balaban J connectivity index is 1.12. The first-order valence-corrected chi connectivity index (χ1v) is 14.5. The second-order valence-corrected chi connectivity index (χ2v) is 11.8. The first-order chi connectivity index (χ1) is 16.2. The Labute approximate surface area is 204 Å². The first kappa shape index (κ1) is 25.0. The zero-order chi connectivity index (χ0) is 22.9. The van der Waals surface area contributed by atoms with Gasteiger partial charge in [-0.1, -0.05) is 62.9 Å². The Kier molecular flexibility index (Phi) is 9.95. The van der Waals surface area contributed by atoms with Crippen LogP contribution < -0.4 is 0 Å². The first-order valence-electron chi connectivity index (χ1n) is 14.5. The van der Waals surface area contributed by atoms with Crippen molar-refractivity contribution in [2.45, 2.75) is 116 Å². The van der Waals surface area contributed by atoms with Crippen molar-refractivity contribution in [1.29, 1.82) is 0 Å². The Hall–Kier alpha value is -1.08. The molecule has 184 valence electrons. The van der Waals surface area contributed by atoms with Crippen LogP contribution in [0.25, 0.3) is 0 Å². The van der Waals surface area contributed by atoms with Crippen LogP contribution in [0.4, 0.5) is 0 Å². The summed E-state index contributed by atoms with van der Waals surface area (Å²) in [7, 11) is 0. The van der Waals surface area contributed by atoms with Gasteiger partial charge >= 0.3 is 0 Å². The van der Waals surface area contributed by atoms with E-state index in [1.54, 1.807) is 5.56 Å². The minimum absolute atomic E-state index is 0.764. The van der Waals surface area contributed by atoms with Gasteiger partial charge in [0.1, 0.15) is 0 Å². The molecule has 0 unspecified atom stereocenters. The van der Waals surface area contributed by atoms with E-state index in [-0.39, 0.29) is 0 Å². The molecule has 0 aliphatic heterocycles. The van der Waals surface area contributed by atoms with E-state index < -0.39 is 0 Å². The van der Waals surface area contributed by atoms with Crippen molar-refractivity contribution in [3.8, 4) is 0 Å². The van der Waals surface area contributed by atoms with E-state index in [2.05, 4.69) is 43.8 Å². The molecule has 0 aromatic heterocycles. The van der Waals surface area contributed by atoms with Crippen molar-refractivity contribution in [3.63, 3.8) is 0 Å². The molecule has 3 saturated carbocycles. The van der Waals surface area contributed by atoms with E-state index in [9.17, 15) is 0 Å². The van der Waals surface area contributed by atoms with Gasteiger partial charge < -0.3 is 4.74 Å². The number of benzene rings is 1. The number of ether oxygens (including phenoxy) is 1. The van der Waals surface area contributed by atoms with Crippen LogP contribution in [0.2, 0.25) is 0 Å². The van der Waals surface area contributed by atoms with Gasteiger partial charge in [0.25, 0.3) is 0 Å². The van der Waals surface area contributed by atoms with Crippen LogP contribution in [0, 0.1) is 29.6 Å². The molecule has 1 aromatic rings. The molecular weight excluding hydrogens is 400 g/mol. The SMILES string of the molecule is C=CC1CCC(CCC2CCC(C3CCC(c4ccc(COCCC)cc4)CC3)CC2)CC1. The molecule has 0 saturated heterocycles. The molecular formula is C32H50O. The summed E-state index contributed by atoms with van der Waals surface area (Å²) in [4.78, 5) is 0. The molecule has 1 heteroatoms. The van der Waals surface area contributed by atoms with Crippen LogP contribution in [0.3, 0.4) is 0 Å². The third-order valence-corrected chi connectivity index (χ3v) is 9.61. The van der Waals surface area contributed by atoms with Gasteiger partial charge in [0.05, 0.1) is 6.61 Å². The van der Waals surface area contributed by atoms with Crippen molar-refractivity contribution in [2.75, 3.05) is 6.61 Å². The standard InChI is InChI=1S/C32H50O/c1-3-23-33-24-28-13-17-30(18-14-28)32-21-19-31(20-22-32)29-15-11-27(12-16-29)10-9-26-7-5-25(4-2)6-8-26/h4,13-14,17-18,25-27,29,31-32H,2-3,5-12,15-16,19-24H2,1H3. The largest absolute Gasteiger partial charge is 0.377 e. The number of rotatable bonds is 10. The Morgan fingerprint density at radius 3 is 1.85 bits per heavy atom. The van der Waals surface area contributed by atoms with Gasteiger partial charge in [-0.3, -0.25) is 0 Å². The van der Waals surface area contributed by atoms with Gasteiger partial charge in [0.2, 0.25) is 0 Å². The lowest BCUT2D eigenvalue weighted by molar-refractivity contribution is 0.121. The monoisotopic (exact) mass is 450 g/mol. The average Bonchev–Trinajstić information content (AvgIpc) is 2.89. The highest BCUT2D eigenvalue weighted by molar-refractivity contribution is 5.25. The van der Waals surface area contributed by atoms with Crippen molar-refractivity contribution >= 4 is 0 Å². The quantitative estimate of drug-likeness (QED) is 0.255. The summed E-state index contributed by atoms with van der Waals surface area (Å²) in [6, 6.07) is 9.35. The summed E-state index contributed by atoms with van der Waals surface area (Å²) >= 11 is 0. The molecule has 0 atom stereocenters. The second-order valence-electron chi connectivity index (χ2n) is 11.8. The van der Waals surface area contributed by atoms with Gasteiger partial charge in [-0.2, -0.15) is 0 Å². The fourth-order valence-corrected chi connectivity index (χ4v) is 7.28. The minimum Gasteiger partial charge on any atom is -0.377 e. The number of hydrogen-bond acceptors (Lipinski definition) is 1. The Bertz CT molecular complexity index is 667. The van der Waals surface area contributed by atoms with Crippen LogP contribution in [0.15, 0.2) is 36.9 Å². The molecule has 33 heavy (non-hydrogen) atoms. The summed E-state index contributed by atoms with van der Waals surface area (Å²) in [5.74, 6) is 5.71. The average molecular weight is 451 g/mol. The smallest absolute Gasteiger partial charge is 0.0716 e. The van der Waals surface area contributed by atoms with Crippen molar-refractivity contribution < 1.29 is 4.74 Å². The molecule has 0 amide bonds. The van der Waals surface area contributed by atoms with Crippen molar-refractivity contribution in [3.05, 3.63) is 48.0 Å². The van der Waals surface area contributed by atoms with Gasteiger partial charge in [-0.05, 0) is 117 Å². The van der Waals surface area contributed by atoms with Gasteiger partial charge in [0, 0.05) is 6.61 Å². The molecule has 3 aliphatic carbocycles. The molecule has 0 radical (unpaired) electrons. The van der Waals surface area contributed by atoms with E-state index >= 15 is 0 Å². The zero-order valence-electron chi connectivity index (χ0n) is 21.5. The lowest BCUT2D eigenvalue weighted by Gasteiger charge is -2.38. The highest BCUT2D eigenvalue weighted by Gasteiger charge is 2.31. The predicted octanol–water partition coefficient (Wildman–Crippen LogP) is 9.47. The number of hydrogen-bond donors (Lipinski definition) is 0. The Morgan fingerprint density at radius 2 is 1.30 bits per heavy atom. The molecule has 0 heterocycles. The van der Waals surface area contributed by atoms with Crippen LogP contribution in [-0.4, -0.2) is 6.61 Å². The fourth-order valence-electron chi connectivity index (χ4n) is 7.28. The molecule has 0 spiro atoms. The molecule has 3 aliphatic rings. The summed E-state index contributed by atoms with van der Waals surface area (Å²) in [6.45, 7) is 7.80. The lowest BCUT2D eigenvalue weighted by Crippen LogP contribution is -2.25. The van der Waals surface area contributed by atoms with Gasteiger partial charge in [0.15, 0.2) is 0 Å². The van der Waals surface area contributed by atoms with E-state index in [1.165, 1.54) is 95.5 Å². The summed E-state index contributed by atoms with van der Waals surface area (Å²) in [6.07, 6.45) is 23.9. The molecule has 1 aromatic carbocycles. The van der Waals surface area contributed by atoms with E-state index in [4.69, 9.17) is 4.74 Å². The zero-order valence-corrected chi connectivity index (χ0v) is 21.5. The van der Waals surface area contributed by atoms with E-state index in [0.717, 1.165) is 55.1 Å². The van der Waals surface area contributed by atoms with Crippen LogP contribution in [0.1, 0.15) is 120 Å². The highest BCUT2D eigenvalue weighted by atomic mass is 16.5. The van der Waals surface area contributed by atoms with Gasteiger partial charge in [-0.25, -0.2) is 0 Å². The normalized spacial score (nSPS) is 33.0. The number of allylic oxidation sites excluding steroid dienone is 1. The minimum atomic E-state index is 0.764. The molecule has 0 bridgehead atoms. The van der Waals surface area contributed by atoms with Crippen molar-refractivity contribution in [2.24, 2.45) is 29.6 Å². The second kappa shape index (κ2) is 13.1. The van der Waals surface area contributed by atoms with E-state index in [1.807, 2.05) is 0 Å². The maximum Gasteiger partial charge on any atom is 0.0716 e. The highest BCUT2D eigenvalue weighted by Crippen LogP contribution is 2.45. The maximum atomic E-state index is 5.69. The molecule has 4 rings (SSSR count). The molecule has 3 fully saturated rings. The summed E-state index contributed by atoms with van der Waals surface area (Å²) in [5.41, 5.74) is 2.89. The fraction of sp³-hybridized carbons (Fsp3) is 0.750. The summed E-state index contributed by atoms with van der Waals surface area (Å²) < 4.78 is 5.69.